The third kappa shape index (κ3) is 6.29. The number of fused-ring (bicyclic) bond motifs is 1. The number of amides is 2. The minimum atomic E-state index is -0.0677. The molecule has 0 aliphatic rings. The van der Waals surface area contributed by atoms with Crippen LogP contribution in [0.1, 0.15) is 42.5 Å². The van der Waals surface area contributed by atoms with Crippen LogP contribution in [-0.2, 0) is 4.79 Å². The maximum Gasteiger partial charge on any atom is 0.251 e. The minimum Gasteiger partial charge on any atom is -0.359 e. The number of thiazole rings is 1. The summed E-state index contributed by atoms with van der Waals surface area (Å²) < 4.78 is 1.14. The van der Waals surface area contributed by atoms with E-state index in [1.165, 1.54) is 0 Å². The number of anilines is 2. The zero-order valence-corrected chi connectivity index (χ0v) is 17.3. The number of hydrogen-bond acceptors (Lipinski definition) is 5. The molecule has 2 aromatic carbocycles. The monoisotopic (exact) mass is 410 g/mol. The molecule has 0 fully saturated rings. The molecule has 29 heavy (non-hydrogen) atoms. The van der Waals surface area contributed by atoms with Crippen molar-refractivity contribution in [3.63, 3.8) is 0 Å². The predicted molar refractivity (Wildman–Crippen MR) is 119 cm³/mol. The van der Waals surface area contributed by atoms with Crippen molar-refractivity contribution in [1.82, 2.24) is 15.6 Å². The number of rotatable bonds is 10. The van der Waals surface area contributed by atoms with E-state index < -0.39 is 0 Å². The fraction of sp³-hybridized carbons (Fsp3) is 0.318. The summed E-state index contributed by atoms with van der Waals surface area (Å²) in [4.78, 5) is 27.9. The van der Waals surface area contributed by atoms with Crippen LogP contribution in [0.2, 0.25) is 0 Å². The van der Waals surface area contributed by atoms with Gasteiger partial charge in [0.05, 0.1) is 10.2 Å². The fourth-order valence-electron chi connectivity index (χ4n) is 2.95. The van der Waals surface area contributed by atoms with Crippen molar-refractivity contribution < 1.29 is 9.59 Å². The Morgan fingerprint density at radius 1 is 0.966 bits per heavy atom. The molecule has 0 bridgehead atoms. The standard InChI is InChI=1S/C22H26N4O2S/c1-23-20(27)10-4-2-3-7-15-24-21(28)16-11-13-17(14-12-16)25-22-26-18-8-5-6-9-19(18)29-22/h5-6,8-9,11-14H,2-4,7,10,15H2,1H3,(H,23,27)(H,24,28)(H,25,26). The van der Waals surface area contributed by atoms with Gasteiger partial charge in [-0.15, -0.1) is 0 Å². The zero-order valence-electron chi connectivity index (χ0n) is 16.5. The van der Waals surface area contributed by atoms with Gasteiger partial charge in [0.15, 0.2) is 5.13 Å². The quantitative estimate of drug-likeness (QED) is 0.431. The van der Waals surface area contributed by atoms with Gasteiger partial charge in [-0.3, -0.25) is 9.59 Å². The molecule has 3 N–H and O–H groups in total. The molecular weight excluding hydrogens is 384 g/mol. The number of nitrogens with zero attached hydrogens (tertiary/aromatic N) is 1. The highest BCUT2D eigenvalue weighted by Crippen LogP contribution is 2.28. The average molecular weight is 411 g/mol. The van der Waals surface area contributed by atoms with Crippen molar-refractivity contribution in [2.75, 3.05) is 18.9 Å². The van der Waals surface area contributed by atoms with Gasteiger partial charge in [0.25, 0.3) is 5.91 Å². The van der Waals surface area contributed by atoms with Crippen LogP contribution in [-0.4, -0.2) is 30.4 Å². The van der Waals surface area contributed by atoms with Crippen molar-refractivity contribution >= 4 is 44.2 Å². The van der Waals surface area contributed by atoms with Crippen molar-refractivity contribution in [1.29, 1.82) is 0 Å². The number of nitrogens with one attached hydrogen (secondary N) is 3. The summed E-state index contributed by atoms with van der Waals surface area (Å²) in [6.07, 6.45) is 4.37. The number of benzene rings is 2. The molecule has 0 unspecified atom stereocenters. The Morgan fingerprint density at radius 2 is 1.72 bits per heavy atom. The second-order valence-corrected chi connectivity index (χ2v) is 7.81. The van der Waals surface area contributed by atoms with E-state index in [-0.39, 0.29) is 11.8 Å². The Labute approximate surface area is 174 Å². The van der Waals surface area contributed by atoms with Gasteiger partial charge < -0.3 is 16.0 Å². The molecule has 0 aliphatic carbocycles. The second kappa shape index (κ2) is 10.6. The maximum absolute atomic E-state index is 12.3. The van der Waals surface area contributed by atoms with E-state index in [4.69, 9.17) is 0 Å². The Balaban J connectivity index is 1.40. The fourth-order valence-corrected chi connectivity index (χ4v) is 3.83. The van der Waals surface area contributed by atoms with Gasteiger partial charge in [0, 0.05) is 31.3 Å². The first kappa shape index (κ1) is 20.8. The molecule has 0 atom stereocenters. The van der Waals surface area contributed by atoms with Crippen molar-refractivity contribution in [2.45, 2.75) is 32.1 Å². The molecule has 7 heteroatoms. The maximum atomic E-state index is 12.3. The zero-order chi connectivity index (χ0) is 20.5. The second-order valence-electron chi connectivity index (χ2n) is 6.78. The van der Waals surface area contributed by atoms with Gasteiger partial charge >= 0.3 is 0 Å². The molecule has 0 radical (unpaired) electrons. The molecule has 0 saturated heterocycles. The number of carbonyl (C=O) groups is 2. The van der Waals surface area contributed by atoms with Crippen LogP contribution in [0.25, 0.3) is 10.2 Å². The van der Waals surface area contributed by atoms with Crippen LogP contribution in [0.4, 0.5) is 10.8 Å². The summed E-state index contributed by atoms with van der Waals surface area (Å²) in [7, 11) is 1.65. The largest absolute Gasteiger partial charge is 0.359 e. The third-order valence-corrected chi connectivity index (χ3v) is 5.54. The van der Waals surface area contributed by atoms with E-state index in [1.54, 1.807) is 18.4 Å². The number of carbonyl (C=O) groups excluding carboxylic acids is 2. The Hall–Kier alpha value is -2.93. The molecule has 152 valence electrons. The first-order valence-electron chi connectivity index (χ1n) is 9.87. The number of para-hydroxylation sites is 1. The lowest BCUT2D eigenvalue weighted by molar-refractivity contribution is -0.120. The smallest absolute Gasteiger partial charge is 0.251 e. The lowest BCUT2D eigenvalue weighted by Crippen LogP contribution is -2.24. The van der Waals surface area contributed by atoms with E-state index in [0.717, 1.165) is 46.7 Å². The van der Waals surface area contributed by atoms with E-state index >= 15 is 0 Å². The third-order valence-electron chi connectivity index (χ3n) is 4.59. The molecule has 2 amide bonds. The first-order valence-corrected chi connectivity index (χ1v) is 10.7. The molecule has 0 aliphatic heterocycles. The van der Waals surface area contributed by atoms with Crippen LogP contribution >= 0.6 is 11.3 Å². The van der Waals surface area contributed by atoms with Gasteiger partial charge in [-0.25, -0.2) is 4.98 Å². The normalized spacial score (nSPS) is 10.7. The van der Waals surface area contributed by atoms with Gasteiger partial charge in [0.2, 0.25) is 5.91 Å². The molecule has 0 spiro atoms. The highest BCUT2D eigenvalue weighted by atomic mass is 32.1. The van der Waals surface area contributed by atoms with E-state index in [2.05, 4.69) is 20.9 Å². The molecule has 3 aromatic rings. The summed E-state index contributed by atoms with van der Waals surface area (Å²) in [6.45, 7) is 0.643. The van der Waals surface area contributed by atoms with Crippen molar-refractivity contribution in [3.05, 3.63) is 54.1 Å². The molecule has 1 heterocycles. The van der Waals surface area contributed by atoms with Crippen LogP contribution < -0.4 is 16.0 Å². The van der Waals surface area contributed by atoms with Gasteiger partial charge in [0.1, 0.15) is 0 Å². The molecular formula is C22H26N4O2S. The lowest BCUT2D eigenvalue weighted by atomic mass is 10.1. The highest BCUT2D eigenvalue weighted by molar-refractivity contribution is 7.22. The first-order chi connectivity index (χ1) is 14.2. The van der Waals surface area contributed by atoms with Gasteiger partial charge in [-0.1, -0.05) is 36.3 Å². The Kier molecular flexibility index (Phi) is 7.58. The summed E-state index contributed by atoms with van der Waals surface area (Å²) in [5.41, 5.74) is 2.51. The molecule has 0 saturated carbocycles. The predicted octanol–water partition coefficient (Wildman–Crippen LogP) is 4.47. The highest BCUT2D eigenvalue weighted by Gasteiger charge is 2.07. The van der Waals surface area contributed by atoms with Crippen molar-refractivity contribution in [2.24, 2.45) is 0 Å². The summed E-state index contributed by atoms with van der Waals surface area (Å²) >= 11 is 1.60. The van der Waals surface area contributed by atoms with E-state index in [9.17, 15) is 9.59 Å². The van der Waals surface area contributed by atoms with Crippen LogP contribution in [0.3, 0.4) is 0 Å². The molecule has 3 rings (SSSR count). The average Bonchev–Trinajstić information content (AvgIpc) is 3.15. The van der Waals surface area contributed by atoms with Crippen LogP contribution in [0, 0.1) is 0 Å². The Morgan fingerprint density at radius 3 is 2.48 bits per heavy atom. The molecule has 6 nitrogen and oxygen atoms in total. The number of aromatic nitrogens is 1. The summed E-state index contributed by atoms with van der Waals surface area (Å²) in [5.74, 6) is 0.0151. The number of unbranched alkanes of at least 4 members (excludes halogenated alkanes) is 3. The minimum absolute atomic E-state index is 0.0677. The molecule has 1 aromatic heterocycles. The van der Waals surface area contributed by atoms with Crippen LogP contribution in [0.5, 0.6) is 0 Å². The lowest BCUT2D eigenvalue weighted by Gasteiger charge is -2.07. The SMILES string of the molecule is CNC(=O)CCCCCCNC(=O)c1ccc(Nc2nc3ccccc3s2)cc1. The van der Waals surface area contributed by atoms with Gasteiger partial charge in [-0.2, -0.15) is 0 Å². The topological polar surface area (TPSA) is 83.1 Å². The van der Waals surface area contributed by atoms with Crippen molar-refractivity contribution in [3.8, 4) is 0 Å². The van der Waals surface area contributed by atoms with E-state index in [1.807, 2.05) is 48.5 Å². The summed E-state index contributed by atoms with van der Waals surface area (Å²) in [5, 5.41) is 9.69. The number of hydrogen-bond donors (Lipinski definition) is 3. The van der Waals surface area contributed by atoms with Crippen LogP contribution in [0.15, 0.2) is 48.5 Å². The Bertz CT molecular complexity index is 920. The van der Waals surface area contributed by atoms with E-state index in [0.29, 0.717) is 18.5 Å². The van der Waals surface area contributed by atoms with Gasteiger partial charge in [-0.05, 0) is 49.2 Å². The summed E-state index contributed by atoms with van der Waals surface area (Å²) in [6, 6.07) is 15.4.